The number of hydrogen-bond donors (Lipinski definition) is 3. The molecule has 7 heteroatoms. The second kappa shape index (κ2) is 4.01. The lowest BCUT2D eigenvalue weighted by molar-refractivity contribution is 0.00387. The first-order valence-electron chi connectivity index (χ1n) is 7.43. The van der Waals surface area contributed by atoms with Gasteiger partial charge in [0.15, 0.2) is 5.65 Å². The summed E-state index contributed by atoms with van der Waals surface area (Å²) >= 11 is 6.31. The van der Waals surface area contributed by atoms with Crippen LogP contribution >= 0.6 is 11.6 Å². The number of aryl methyl sites for hydroxylation is 1. The Morgan fingerprint density at radius 1 is 1.32 bits per heavy atom. The van der Waals surface area contributed by atoms with Crippen molar-refractivity contribution in [1.29, 1.82) is 0 Å². The molecular formula is C15H15ClN4O2. The number of aliphatic hydroxyl groups is 2. The highest BCUT2D eigenvalue weighted by Gasteiger charge is 2.60. The van der Waals surface area contributed by atoms with E-state index in [2.05, 4.69) is 15.0 Å². The van der Waals surface area contributed by atoms with Gasteiger partial charge in [-0.3, -0.25) is 0 Å². The van der Waals surface area contributed by atoms with Crippen LogP contribution in [0.3, 0.4) is 0 Å². The van der Waals surface area contributed by atoms with Gasteiger partial charge in [-0.1, -0.05) is 11.6 Å². The molecule has 22 heavy (non-hydrogen) atoms. The van der Waals surface area contributed by atoms with Crippen molar-refractivity contribution < 1.29 is 10.2 Å². The molecule has 0 aromatic carbocycles. The molecule has 3 aromatic rings. The van der Waals surface area contributed by atoms with Gasteiger partial charge in [-0.15, -0.1) is 0 Å². The molecule has 6 nitrogen and oxygen atoms in total. The summed E-state index contributed by atoms with van der Waals surface area (Å²) in [4.78, 5) is 12.2. The first kappa shape index (κ1) is 12.9. The molecule has 2 aliphatic rings. The number of aliphatic hydroxyl groups excluding tert-OH is 2. The topological polar surface area (TPSA) is 87.0 Å². The molecule has 0 aliphatic heterocycles. The molecule has 3 heterocycles. The summed E-state index contributed by atoms with van der Waals surface area (Å²) in [6, 6.07) is 1.77. The van der Waals surface area contributed by atoms with E-state index in [0.29, 0.717) is 16.7 Å². The van der Waals surface area contributed by atoms with Crippen LogP contribution in [0.1, 0.15) is 18.2 Å². The smallest absolute Gasteiger partial charge is 0.164 e. The number of nitrogens with zero attached hydrogens (tertiary/aromatic N) is 3. The first-order valence-corrected chi connectivity index (χ1v) is 7.81. The second-order valence-corrected chi connectivity index (χ2v) is 6.86. The van der Waals surface area contributed by atoms with Gasteiger partial charge in [0, 0.05) is 11.1 Å². The number of hydrogen-bond acceptors (Lipinski definition) is 4. The quantitative estimate of drug-likeness (QED) is 0.597. The lowest BCUT2D eigenvalue weighted by Gasteiger charge is -2.22. The fraction of sp³-hybridized carbons (Fsp3) is 0.467. The zero-order valence-electron chi connectivity index (χ0n) is 11.9. The van der Waals surface area contributed by atoms with Crippen molar-refractivity contribution >= 4 is 33.7 Å². The molecule has 3 N–H and O–H groups in total. The van der Waals surface area contributed by atoms with Gasteiger partial charge >= 0.3 is 0 Å². The largest absolute Gasteiger partial charge is 0.390 e. The maximum Gasteiger partial charge on any atom is 0.164 e. The minimum atomic E-state index is -0.775. The van der Waals surface area contributed by atoms with E-state index in [-0.39, 0.29) is 12.0 Å². The van der Waals surface area contributed by atoms with Crippen LogP contribution in [0.4, 0.5) is 0 Å². The minimum Gasteiger partial charge on any atom is -0.390 e. The summed E-state index contributed by atoms with van der Waals surface area (Å²) < 4.78 is 1.88. The number of halogens is 1. The van der Waals surface area contributed by atoms with Gasteiger partial charge in [0.25, 0.3) is 0 Å². The second-order valence-electron chi connectivity index (χ2n) is 6.50. The Hall–Kier alpha value is -1.63. The molecule has 5 atom stereocenters. The van der Waals surface area contributed by atoms with E-state index >= 15 is 0 Å². The number of fused-ring (bicyclic) bond motifs is 4. The summed E-state index contributed by atoms with van der Waals surface area (Å²) in [5.41, 5.74) is 3.27. The monoisotopic (exact) mass is 318 g/mol. The molecule has 0 spiro atoms. The molecule has 5 rings (SSSR count). The van der Waals surface area contributed by atoms with Gasteiger partial charge in [-0.2, -0.15) is 0 Å². The van der Waals surface area contributed by atoms with E-state index in [9.17, 15) is 10.2 Å². The highest BCUT2D eigenvalue weighted by Crippen LogP contribution is 2.58. The lowest BCUT2D eigenvalue weighted by atomic mass is 10.1. The third-order valence-electron chi connectivity index (χ3n) is 5.17. The van der Waals surface area contributed by atoms with Crippen LogP contribution in [0.15, 0.2) is 12.4 Å². The van der Waals surface area contributed by atoms with Crippen molar-refractivity contribution in [2.45, 2.75) is 31.6 Å². The molecule has 2 fully saturated rings. The maximum absolute atomic E-state index is 10.3. The molecule has 3 aromatic heterocycles. The van der Waals surface area contributed by atoms with Gasteiger partial charge < -0.3 is 19.8 Å². The number of pyridine rings is 1. The van der Waals surface area contributed by atoms with E-state index in [1.165, 1.54) is 0 Å². The Labute approximate surface area is 130 Å². The van der Waals surface area contributed by atoms with Crippen LogP contribution in [0.25, 0.3) is 22.1 Å². The van der Waals surface area contributed by atoms with E-state index in [1.54, 1.807) is 6.33 Å². The highest BCUT2D eigenvalue weighted by molar-refractivity contribution is 6.35. The van der Waals surface area contributed by atoms with Crippen molar-refractivity contribution in [3.05, 3.63) is 23.2 Å². The Bertz CT molecular complexity index is 917. The Kier molecular flexibility index (Phi) is 2.35. The predicted molar refractivity (Wildman–Crippen MR) is 81.8 cm³/mol. The van der Waals surface area contributed by atoms with Gasteiger partial charge in [0.1, 0.15) is 16.8 Å². The zero-order valence-corrected chi connectivity index (χ0v) is 12.6. The number of nitrogens with one attached hydrogen (secondary N) is 1. The molecule has 0 amide bonds. The fourth-order valence-corrected chi connectivity index (χ4v) is 4.28. The van der Waals surface area contributed by atoms with Crippen LogP contribution in [0, 0.1) is 18.8 Å². The van der Waals surface area contributed by atoms with Crippen molar-refractivity contribution in [3.8, 4) is 0 Å². The van der Waals surface area contributed by atoms with Gasteiger partial charge in [0.2, 0.25) is 0 Å². The number of rotatable bonds is 1. The molecule has 2 aliphatic carbocycles. The summed E-state index contributed by atoms with van der Waals surface area (Å²) in [5.74, 6) is 0.494. The fourth-order valence-electron chi connectivity index (χ4n) is 4.05. The molecule has 2 saturated carbocycles. The predicted octanol–water partition coefficient (Wildman–Crippen LogP) is 1.79. The summed E-state index contributed by atoms with van der Waals surface area (Å²) in [7, 11) is 0. The number of H-pyrrole nitrogens is 1. The average Bonchev–Trinajstić information content (AvgIpc) is 2.87. The van der Waals surface area contributed by atoms with Crippen LogP contribution in [0.2, 0.25) is 5.15 Å². The maximum atomic E-state index is 10.3. The summed E-state index contributed by atoms with van der Waals surface area (Å²) in [6.45, 7) is 1.96. The van der Waals surface area contributed by atoms with E-state index < -0.39 is 12.2 Å². The van der Waals surface area contributed by atoms with Crippen molar-refractivity contribution in [2.75, 3.05) is 0 Å². The van der Waals surface area contributed by atoms with Crippen molar-refractivity contribution in [2.24, 2.45) is 11.8 Å². The summed E-state index contributed by atoms with van der Waals surface area (Å²) in [6.07, 6.45) is 1.22. The lowest BCUT2D eigenvalue weighted by Crippen LogP contribution is -2.31. The molecule has 0 saturated heterocycles. The van der Waals surface area contributed by atoms with E-state index in [0.717, 1.165) is 28.5 Å². The van der Waals surface area contributed by atoms with Gasteiger partial charge in [-0.25, -0.2) is 9.97 Å². The molecule has 114 valence electrons. The van der Waals surface area contributed by atoms with Crippen LogP contribution in [-0.4, -0.2) is 41.9 Å². The third-order valence-corrected chi connectivity index (χ3v) is 5.46. The Morgan fingerprint density at radius 3 is 2.86 bits per heavy atom. The third kappa shape index (κ3) is 1.47. The van der Waals surface area contributed by atoms with Gasteiger partial charge in [-0.05, 0) is 31.2 Å². The molecule has 1 unspecified atom stereocenters. The van der Waals surface area contributed by atoms with Crippen molar-refractivity contribution in [3.63, 3.8) is 0 Å². The van der Waals surface area contributed by atoms with Crippen molar-refractivity contribution in [1.82, 2.24) is 19.5 Å². The van der Waals surface area contributed by atoms with E-state index in [1.807, 2.05) is 17.6 Å². The number of imidazole rings is 1. The van der Waals surface area contributed by atoms with Crippen LogP contribution in [-0.2, 0) is 0 Å². The van der Waals surface area contributed by atoms with Crippen LogP contribution in [0.5, 0.6) is 0 Å². The Morgan fingerprint density at radius 2 is 2.14 bits per heavy atom. The normalized spacial score (nSPS) is 33.7. The minimum absolute atomic E-state index is 0.179. The van der Waals surface area contributed by atoms with E-state index in [4.69, 9.17) is 11.6 Å². The SMILES string of the molecule is Cc1cc2c(Cl)nc3c(ncn3[C@H]3[C@H](O)[C@H](O)C4C[C@@H]43)c2[nH]1. The highest BCUT2D eigenvalue weighted by atomic mass is 35.5. The Balaban J connectivity index is 1.76. The van der Waals surface area contributed by atoms with Gasteiger partial charge in [0.05, 0.1) is 24.0 Å². The average molecular weight is 319 g/mol. The number of aromatic amines is 1. The molecular weight excluding hydrogens is 304 g/mol. The standard InChI is InChI=1S/C15H15ClN4O2/c1-5-2-8-9(18-5)10-15(19-14(8)16)20(4-17-10)11-6-3-7(6)12(21)13(11)22/h2,4,6-7,11-13,18,21-22H,3H2,1H3/t6-,7?,11+,12+,13-/m0/s1. The molecule has 0 radical (unpaired) electrons. The first-order chi connectivity index (χ1) is 10.6. The summed E-state index contributed by atoms with van der Waals surface area (Å²) in [5, 5.41) is 21.6. The number of aromatic nitrogens is 4. The zero-order chi connectivity index (χ0) is 15.2. The van der Waals surface area contributed by atoms with Crippen LogP contribution < -0.4 is 0 Å². The molecule has 0 bridgehead atoms.